The molecule has 184 valence electrons. The van der Waals surface area contributed by atoms with Gasteiger partial charge in [-0.05, 0) is 48.3 Å². The largest absolute Gasteiger partial charge is 0.573 e. The van der Waals surface area contributed by atoms with E-state index >= 15 is 0 Å². The second-order valence-electron chi connectivity index (χ2n) is 7.70. The summed E-state index contributed by atoms with van der Waals surface area (Å²) in [6.07, 6.45) is -6.18. The van der Waals surface area contributed by atoms with Gasteiger partial charge in [-0.3, -0.25) is 4.79 Å². The molecule has 0 aromatic heterocycles. The molecular formula is C21H19BF3N3O7. The Balaban J connectivity index is 1.73. The molecule has 1 atom stereocenters. The summed E-state index contributed by atoms with van der Waals surface area (Å²) in [5.41, 5.74) is -0.308. The molecule has 1 unspecified atom stereocenters. The van der Waals surface area contributed by atoms with Crippen LogP contribution in [0.5, 0.6) is 11.5 Å². The smallest absolute Gasteiger partial charge is 0.490 e. The normalized spacial score (nSPS) is 14.3. The molecule has 0 saturated carbocycles. The van der Waals surface area contributed by atoms with E-state index in [1.807, 2.05) is 6.07 Å². The fourth-order valence-corrected chi connectivity index (χ4v) is 3.31. The zero-order chi connectivity index (χ0) is 25.8. The van der Waals surface area contributed by atoms with Crippen LogP contribution in [0.3, 0.4) is 0 Å². The zero-order valence-corrected chi connectivity index (χ0v) is 18.2. The lowest BCUT2D eigenvalue weighted by Crippen LogP contribution is -2.49. The predicted octanol–water partition coefficient (Wildman–Crippen LogP) is 1.66. The molecule has 10 nitrogen and oxygen atoms in total. The van der Waals surface area contributed by atoms with Gasteiger partial charge in [0.2, 0.25) is 0 Å². The van der Waals surface area contributed by atoms with Crippen LogP contribution in [0.15, 0.2) is 36.4 Å². The number of hydrogen-bond acceptors (Lipinski definition) is 7. The highest BCUT2D eigenvalue weighted by atomic mass is 19.4. The van der Waals surface area contributed by atoms with Gasteiger partial charge in [-0.15, -0.1) is 13.2 Å². The van der Waals surface area contributed by atoms with Crippen molar-refractivity contribution in [2.24, 2.45) is 0 Å². The number of nitrogens with zero attached hydrogens (tertiary/aromatic N) is 1. The molecule has 0 spiro atoms. The first kappa shape index (κ1) is 25.7. The average molecular weight is 493 g/mol. The number of nitriles is 1. The fraction of sp³-hybridized carbons (Fsp3) is 0.286. The summed E-state index contributed by atoms with van der Waals surface area (Å²) < 4.78 is 51.6. The molecule has 0 fully saturated rings. The second kappa shape index (κ2) is 10.1. The highest BCUT2D eigenvalue weighted by Crippen LogP contribution is 2.25. The van der Waals surface area contributed by atoms with Crippen LogP contribution in [-0.2, 0) is 17.8 Å². The fourth-order valence-electron chi connectivity index (χ4n) is 3.31. The van der Waals surface area contributed by atoms with Gasteiger partial charge >= 0.3 is 19.6 Å². The molecule has 1 aliphatic rings. The van der Waals surface area contributed by atoms with Gasteiger partial charge in [-0.1, -0.05) is 6.07 Å². The van der Waals surface area contributed by atoms with Crippen molar-refractivity contribution in [1.82, 2.24) is 10.6 Å². The van der Waals surface area contributed by atoms with Crippen molar-refractivity contribution in [2.75, 3.05) is 6.61 Å². The quantitative estimate of drug-likeness (QED) is 0.406. The van der Waals surface area contributed by atoms with Crippen molar-refractivity contribution < 1.29 is 47.0 Å². The van der Waals surface area contributed by atoms with Crippen LogP contribution in [-0.4, -0.2) is 47.8 Å². The van der Waals surface area contributed by atoms with Gasteiger partial charge in [0.05, 0.1) is 12.7 Å². The molecule has 0 radical (unpaired) electrons. The number of alkyl halides is 3. The van der Waals surface area contributed by atoms with Gasteiger partial charge in [-0.25, -0.2) is 4.79 Å². The summed E-state index contributed by atoms with van der Waals surface area (Å²) in [6.45, 7) is 0.901. The first-order valence-electron chi connectivity index (χ1n) is 10.0. The topological polar surface area (TPSA) is 150 Å². The van der Waals surface area contributed by atoms with E-state index in [1.54, 1.807) is 6.07 Å². The van der Waals surface area contributed by atoms with Gasteiger partial charge in [-0.2, -0.15) is 5.26 Å². The number of amides is 2. The Hall–Kier alpha value is -3.96. The van der Waals surface area contributed by atoms with E-state index in [9.17, 15) is 33.0 Å². The molecule has 0 saturated heterocycles. The van der Waals surface area contributed by atoms with E-state index in [0.29, 0.717) is 16.6 Å². The average Bonchev–Trinajstić information content (AvgIpc) is 3.16. The minimum atomic E-state index is -4.88. The minimum absolute atomic E-state index is 0.0230. The third-order valence-electron chi connectivity index (χ3n) is 4.97. The Bertz CT molecular complexity index is 1150. The number of ether oxygens (including phenoxy) is 2. The van der Waals surface area contributed by atoms with Crippen molar-refractivity contribution in [3.63, 3.8) is 0 Å². The third kappa shape index (κ3) is 6.55. The molecule has 0 bridgehead atoms. The summed E-state index contributed by atoms with van der Waals surface area (Å²) >= 11 is 0. The van der Waals surface area contributed by atoms with Gasteiger partial charge < -0.3 is 34.9 Å². The summed E-state index contributed by atoms with van der Waals surface area (Å²) in [7, 11) is -1.29. The van der Waals surface area contributed by atoms with Gasteiger partial charge in [0.15, 0.2) is 5.54 Å². The molecule has 4 N–H and O–H groups in total. The standard InChI is InChI=1S/C21H19BF3N3O7/c1-20(10-26,28-18(29)12-2-5-14(6-3-12)35-21(23,24)25)11-33-16-7-4-13-9-34-22(32)17(13)15(16)8-27-19(30)31/h2-7,27,32H,8-9,11H2,1H3,(H,28,29)(H,30,31). The molecule has 2 aromatic rings. The summed E-state index contributed by atoms with van der Waals surface area (Å²) in [4.78, 5) is 23.5. The van der Waals surface area contributed by atoms with Crippen molar-refractivity contribution in [3.05, 3.63) is 53.1 Å². The summed E-state index contributed by atoms with van der Waals surface area (Å²) in [5.74, 6) is -1.10. The SMILES string of the molecule is CC(C#N)(COc1ccc2c(c1CNC(=O)O)B(O)OC2)NC(=O)c1ccc(OC(F)(F)F)cc1. The lowest BCUT2D eigenvalue weighted by molar-refractivity contribution is -0.274. The van der Waals surface area contributed by atoms with Crippen LogP contribution < -0.4 is 25.6 Å². The van der Waals surface area contributed by atoms with Crippen LogP contribution in [0.1, 0.15) is 28.4 Å². The highest BCUT2D eigenvalue weighted by Gasteiger charge is 2.34. The maximum absolute atomic E-state index is 12.6. The monoisotopic (exact) mass is 493 g/mol. The van der Waals surface area contributed by atoms with E-state index in [2.05, 4.69) is 15.4 Å². The summed E-state index contributed by atoms with van der Waals surface area (Å²) in [5, 5.41) is 33.4. The van der Waals surface area contributed by atoms with Crippen molar-refractivity contribution >= 4 is 24.6 Å². The van der Waals surface area contributed by atoms with Crippen molar-refractivity contribution in [2.45, 2.75) is 32.0 Å². The van der Waals surface area contributed by atoms with Crippen LogP contribution >= 0.6 is 0 Å². The van der Waals surface area contributed by atoms with Crippen LogP contribution in [0.2, 0.25) is 0 Å². The molecule has 3 rings (SSSR count). The number of rotatable bonds is 8. The highest BCUT2D eigenvalue weighted by molar-refractivity contribution is 6.62. The first-order chi connectivity index (χ1) is 16.4. The Morgan fingerprint density at radius 3 is 2.51 bits per heavy atom. The van der Waals surface area contributed by atoms with Crippen LogP contribution in [0.4, 0.5) is 18.0 Å². The lowest BCUT2D eigenvalue weighted by Gasteiger charge is -2.25. The van der Waals surface area contributed by atoms with E-state index < -0.39 is 36.8 Å². The van der Waals surface area contributed by atoms with E-state index in [-0.39, 0.29) is 31.1 Å². The maximum Gasteiger partial charge on any atom is 0.573 e. The van der Waals surface area contributed by atoms with Crippen LogP contribution in [0, 0.1) is 11.3 Å². The van der Waals surface area contributed by atoms with Gasteiger partial charge in [0.25, 0.3) is 5.91 Å². The number of benzene rings is 2. The van der Waals surface area contributed by atoms with E-state index in [0.717, 1.165) is 24.3 Å². The first-order valence-corrected chi connectivity index (χ1v) is 10.0. The van der Waals surface area contributed by atoms with Crippen molar-refractivity contribution in [1.29, 1.82) is 5.26 Å². The molecule has 1 heterocycles. The predicted molar refractivity (Wildman–Crippen MR) is 114 cm³/mol. The summed E-state index contributed by atoms with van der Waals surface area (Å²) in [6, 6.07) is 9.19. The number of halogens is 3. The number of carboxylic acid groups (broad SMARTS) is 1. The molecule has 1 aliphatic heterocycles. The Labute approximate surface area is 197 Å². The van der Waals surface area contributed by atoms with Gasteiger partial charge in [0, 0.05) is 17.7 Å². The van der Waals surface area contributed by atoms with Crippen LogP contribution in [0.25, 0.3) is 0 Å². The minimum Gasteiger partial charge on any atom is -0.490 e. The number of carbonyl (C=O) groups excluding carboxylic acids is 1. The third-order valence-corrected chi connectivity index (χ3v) is 4.97. The Kier molecular flexibility index (Phi) is 7.42. The lowest BCUT2D eigenvalue weighted by atomic mass is 9.76. The molecule has 35 heavy (non-hydrogen) atoms. The molecule has 2 amide bonds. The number of carbonyl (C=O) groups is 2. The molecular weight excluding hydrogens is 474 g/mol. The Morgan fingerprint density at radius 2 is 1.91 bits per heavy atom. The number of fused-ring (bicyclic) bond motifs is 1. The molecule has 2 aromatic carbocycles. The molecule has 0 aliphatic carbocycles. The number of nitrogens with one attached hydrogen (secondary N) is 2. The Morgan fingerprint density at radius 1 is 1.23 bits per heavy atom. The van der Waals surface area contributed by atoms with Gasteiger partial charge in [0.1, 0.15) is 18.1 Å². The number of hydrogen-bond donors (Lipinski definition) is 4. The molecule has 14 heteroatoms. The second-order valence-corrected chi connectivity index (χ2v) is 7.70. The zero-order valence-electron chi connectivity index (χ0n) is 18.2. The van der Waals surface area contributed by atoms with E-state index in [4.69, 9.17) is 14.5 Å². The van der Waals surface area contributed by atoms with E-state index in [1.165, 1.54) is 13.0 Å². The van der Waals surface area contributed by atoms with Crippen molar-refractivity contribution in [3.8, 4) is 17.6 Å². The maximum atomic E-state index is 12.6.